The second-order valence-electron chi connectivity index (χ2n) is 2.56. The van der Waals surface area contributed by atoms with E-state index in [4.69, 9.17) is 6.42 Å². The molecule has 1 amide bonds. The number of hydrogen-bond donors (Lipinski definition) is 0. The monoisotopic (exact) mass is 257 g/mol. The molecule has 0 saturated heterocycles. The zero-order valence-electron chi connectivity index (χ0n) is 7.08. The molecule has 0 unspecified atom stereocenters. The lowest BCUT2D eigenvalue weighted by atomic mass is 10.3. The van der Waals surface area contributed by atoms with Crippen molar-refractivity contribution >= 4 is 33.2 Å². The van der Waals surface area contributed by atoms with Crippen LogP contribution in [0.3, 0.4) is 0 Å². The van der Waals surface area contributed by atoms with Gasteiger partial charge in [-0.15, -0.1) is 17.8 Å². The molecule has 0 aliphatic rings. The lowest BCUT2D eigenvalue weighted by molar-refractivity contribution is -0.124. The van der Waals surface area contributed by atoms with Crippen molar-refractivity contribution in [3.05, 3.63) is 20.8 Å². The summed E-state index contributed by atoms with van der Waals surface area (Å²) in [7, 11) is 1.69. The normalized spacial score (nSPS) is 9.31. The van der Waals surface area contributed by atoms with E-state index >= 15 is 0 Å². The topological polar surface area (TPSA) is 20.3 Å². The molecule has 0 aliphatic carbocycles. The van der Waals surface area contributed by atoms with Crippen molar-refractivity contribution in [1.29, 1.82) is 0 Å². The summed E-state index contributed by atoms with van der Waals surface area (Å²) >= 11 is 4.94. The van der Waals surface area contributed by atoms with E-state index in [1.165, 1.54) is 4.90 Å². The molecular formula is C9H8BrNOS. The van der Waals surface area contributed by atoms with Crippen LogP contribution in [0.4, 0.5) is 0 Å². The Bertz CT molecular complexity index is 353. The highest BCUT2D eigenvalue weighted by atomic mass is 79.9. The van der Waals surface area contributed by atoms with Crippen LogP contribution in [0.2, 0.25) is 0 Å². The number of thiophene rings is 1. The van der Waals surface area contributed by atoms with Crippen LogP contribution >= 0.6 is 27.3 Å². The van der Waals surface area contributed by atoms with Crippen molar-refractivity contribution in [3.63, 3.8) is 0 Å². The highest BCUT2D eigenvalue weighted by molar-refractivity contribution is 9.11. The molecule has 0 radical (unpaired) electrons. The lowest BCUT2D eigenvalue weighted by Gasteiger charge is -2.11. The van der Waals surface area contributed by atoms with Crippen LogP contribution in [0.5, 0.6) is 0 Å². The predicted molar refractivity (Wildman–Crippen MR) is 57.3 cm³/mol. The summed E-state index contributed by atoms with van der Waals surface area (Å²) in [4.78, 5) is 12.5. The highest BCUT2D eigenvalue weighted by Crippen LogP contribution is 2.21. The second kappa shape index (κ2) is 4.45. The minimum absolute atomic E-state index is 0.290. The van der Waals surface area contributed by atoms with Gasteiger partial charge in [0.2, 0.25) is 0 Å². The van der Waals surface area contributed by atoms with Crippen LogP contribution in [0.1, 0.15) is 5.56 Å². The predicted octanol–water partition coefficient (Wildman–Crippen LogP) is 2.10. The highest BCUT2D eigenvalue weighted by Gasteiger charge is 2.06. The largest absolute Gasteiger partial charge is 0.331 e. The zero-order chi connectivity index (χ0) is 9.84. The first-order chi connectivity index (χ1) is 6.13. The number of nitrogens with zero attached hydrogens (tertiary/aromatic N) is 1. The van der Waals surface area contributed by atoms with Crippen LogP contribution in [0.25, 0.3) is 0 Å². The van der Waals surface area contributed by atoms with Crippen molar-refractivity contribution in [2.75, 3.05) is 7.05 Å². The molecule has 0 aliphatic heterocycles. The number of terminal acetylenes is 1. The van der Waals surface area contributed by atoms with Crippen LogP contribution < -0.4 is 0 Å². The minimum atomic E-state index is -0.290. The SMILES string of the molecule is C#CC(=O)N(C)Cc1csc(Br)c1. The summed E-state index contributed by atoms with van der Waals surface area (Å²) in [5, 5.41) is 1.99. The van der Waals surface area contributed by atoms with Gasteiger partial charge >= 0.3 is 0 Å². The summed E-state index contributed by atoms with van der Waals surface area (Å²) in [6, 6.07) is 1.98. The van der Waals surface area contributed by atoms with Crippen molar-refractivity contribution in [1.82, 2.24) is 4.90 Å². The van der Waals surface area contributed by atoms with E-state index in [2.05, 4.69) is 21.9 Å². The molecule has 68 valence electrons. The fourth-order valence-corrected chi connectivity index (χ4v) is 2.08. The van der Waals surface area contributed by atoms with E-state index in [-0.39, 0.29) is 5.91 Å². The van der Waals surface area contributed by atoms with Crippen LogP contribution in [0, 0.1) is 12.3 Å². The van der Waals surface area contributed by atoms with Crippen LogP contribution in [0.15, 0.2) is 15.2 Å². The average Bonchev–Trinajstić information content (AvgIpc) is 2.49. The van der Waals surface area contributed by atoms with Crippen LogP contribution in [-0.2, 0) is 11.3 Å². The molecule has 0 saturated carbocycles. The van der Waals surface area contributed by atoms with Gasteiger partial charge in [-0.2, -0.15) is 0 Å². The molecule has 1 rings (SSSR count). The molecule has 1 aromatic heterocycles. The first kappa shape index (κ1) is 10.3. The van der Waals surface area contributed by atoms with E-state index in [0.717, 1.165) is 9.35 Å². The number of amides is 1. The number of rotatable bonds is 2. The van der Waals surface area contributed by atoms with Gasteiger partial charge in [0, 0.05) is 13.6 Å². The zero-order valence-corrected chi connectivity index (χ0v) is 9.48. The van der Waals surface area contributed by atoms with Gasteiger partial charge in [0.1, 0.15) is 0 Å². The standard InChI is InChI=1S/C9H8BrNOS/c1-3-9(12)11(2)5-7-4-8(10)13-6-7/h1,4,6H,5H2,2H3. The first-order valence-electron chi connectivity index (χ1n) is 3.58. The Morgan fingerprint density at radius 3 is 3.00 bits per heavy atom. The summed E-state index contributed by atoms with van der Waals surface area (Å²) in [6.07, 6.45) is 4.98. The Hall–Kier alpha value is -0.790. The van der Waals surface area contributed by atoms with E-state index in [0.29, 0.717) is 6.54 Å². The van der Waals surface area contributed by atoms with Gasteiger partial charge in [-0.1, -0.05) is 0 Å². The first-order valence-corrected chi connectivity index (χ1v) is 5.25. The Morgan fingerprint density at radius 2 is 2.54 bits per heavy atom. The minimum Gasteiger partial charge on any atom is -0.331 e. The molecule has 0 aromatic carbocycles. The fraction of sp³-hybridized carbons (Fsp3) is 0.222. The fourth-order valence-electron chi connectivity index (χ4n) is 0.885. The molecule has 0 fully saturated rings. The third kappa shape index (κ3) is 2.87. The quantitative estimate of drug-likeness (QED) is 0.744. The number of hydrogen-bond acceptors (Lipinski definition) is 2. The Kier molecular flexibility index (Phi) is 3.52. The van der Waals surface area contributed by atoms with E-state index in [9.17, 15) is 4.79 Å². The molecule has 4 heteroatoms. The number of halogens is 1. The van der Waals surface area contributed by atoms with E-state index in [1.807, 2.05) is 11.4 Å². The maximum absolute atomic E-state index is 11.0. The van der Waals surface area contributed by atoms with Crippen molar-refractivity contribution < 1.29 is 4.79 Å². The maximum Gasteiger partial charge on any atom is 0.298 e. The van der Waals surface area contributed by atoms with Gasteiger partial charge in [-0.25, -0.2) is 0 Å². The number of carbonyl (C=O) groups excluding carboxylic acids is 1. The molecular weight excluding hydrogens is 250 g/mol. The Labute approximate surface area is 89.7 Å². The molecule has 0 N–H and O–H groups in total. The van der Waals surface area contributed by atoms with Gasteiger partial charge in [-0.3, -0.25) is 4.79 Å². The van der Waals surface area contributed by atoms with Gasteiger partial charge in [0.05, 0.1) is 3.79 Å². The van der Waals surface area contributed by atoms with Crippen molar-refractivity contribution in [2.24, 2.45) is 0 Å². The molecule has 2 nitrogen and oxygen atoms in total. The molecule has 1 aromatic rings. The van der Waals surface area contributed by atoms with Crippen LogP contribution in [-0.4, -0.2) is 17.9 Å². The summed E-state index contributed by atoms with van der Waals surface area (Å²) < 4.78 is 1.06. The molecule has 0 bridgehead atoms. The van der Waals surface area contributed by atoms with Crippen molar-refractivity contribution in [2.45, 2.75) is 6.54 Å². The van der Waals surface area contributed by atoms with Gasteiger partial charge < -0.3 is 4.90 Å². The summed E-state index contributed by atoms with van der Waals surface area (Å²) in [6.45, 7) is 0.561. The lowest BCUT2D eigenvalue weighted by Crippen LogP contribution is -2.24. The van der Waals surface area contributed by atoms with Crippen molar-refractivity contribution in [3.8, 4) is 12.3 Å². The molecule has 13 heavy (non-hydrogen) atoms. The number of carbonyl (C=O) groups is 1. The average molecular weight is 258 g/mol. The molecule has 1 heterocycles. The van der Waals surface area contributed by atoms with Gasteiger partial charge in [-0.05, 0) is 38.9 Å². The third-order valence-corrected chi connectivity index (χ3v) is 3.06. The smallest absolute Gasteiger partial charge is 0.298 e. The van der Waals surface area contributed by atoms with E-state index in [1.54, 1.807) is 18.4 Å². The maximum atomic E-state index is 11.0. The Balaban J connectivity index is 2.60. The molecule has 0 atom stereocenters. The van der Waals surface area contributed by atoms with Gasteiger partial charge in [0.25, 0.3) is 5.91 Å². The van der Waals surface area contributed by atoms with E-state index < -0.39 is 0 Å². The second-order valence-corrected chi connectivity index (χ2v) is 4.86. The van der Waals surface area contributed by atoms with Gasteiger partial charge in [0.15, 0.2) is 0 Å². The summed E-state index contributed by atoms with van der Waals surface area (Å²) in [5.74, 6) is 1.78. The third-order valence-electron chi connectivity index (χ3n) is 1.51. The summed E-state index contributed by atoms with van der Waals surface area (Å²) in [5.41, 5.74) is 1.09. The Morgan fingerprint density at radius 1 is 1.85 bits per heavy atom. The molecule has 0 spiro atoms.